The van der Waals surface area contributed by atoms with E-state index in [2.05, 4.69) is 4.98 Å². The minimum absolute atomic E-state index is 0.258. The van der Waals surface area contributed by atoms with Crippen molar-refractivity contribution in [2.45, 2.75) is 0 Å². The number of nitrogens with two attached hydrogens (primary N) is 1. The molecule has 0 aliphatic rings. The van der Waals surface area contributed by atoms with Gasteiger partial charge in [-0.25, -0.2) is 4.98 Å². The normalized spacial score (nSPS) is 11.2. The SMILES string of the molecule is Nc1nc2cc(Cl)c(Cl)cc2n1-c1c(Cl)cccc1Cl. The summed E-state index contributed by atoms with van der Waals surface area (Å²) in [5, 5.41) is 1.75. The van der Waals surface area contributed by atoms with Crippen LogP contribution in [-0.2, 0) is 0 Å². The van der Waals surface area contributed by atoms with Crippen LogP contribution in [0.15, 0.2) is 30.3 Å². The molecular weight excluding hydrogens is 340 g/mol. The van der Waals surface area contributed by atoms with Crippen LogP contribution < -0.4 is 5.73 Å². The number of hydrogen-bond acceptors (Lipinski definition) is 2. The molecule has 0 bridgehead atoms. The van der Waals surface area contributed by atoms with Crippen molar-refractivity contribution in [3.05, 3.63) is 50.4 Å². The Balaban J connectivity index is 2.42. The Hall–Kier alpha value is -1.13. The van der Waals surface area contributed by atoms with E-state index in [-0.39, 0.29) is 5.95 Å². The summed E-state index contributed by atoms with van der Waals surface area (Å²) in [4.78, 5) is 4.25. The van der Waals surface area contributed by atoms with Crippen molar-refractivity contribution in [3.8, 4) is 5.69 Å². The quantitative estimate of drug-likeness (QED) is 0.656. The molecule has 0 amide bonds. The number of imidazole rings is 1. The third-order valence-corrected chi connectivity index (χ3v) is 4.22. The van der Waals surface area contributed by atoms with Gasteiger partial charge in [-0.3, -0.25) is 4.57 Å². The van der Waals surface area contributed by atoms with Gasteiger partial charge in [-0.2, -0.15) is 0 Å². The van der Waals surface area contributed by atoms with Crippen molar-refractivity contribution in [1.29, 1.82) is 0 Å². The van der Waals surface area contributed by atoms with Crippen LogP contribution in [-0.4, -0.2) is 9.55 Å². The molecular formula is C13H7Cl4N3. The lowest BCUT2D eigenvalue weighted by atomic mass is 10.2. The smallest absolute Gasteiger partial charge is 0.206 e. The van der Waals surface area contributed by atoms with Crippen LogP contribution in [0.1, 0.15) is 0 Å². The molecule has 3 aromatic rings. The fraction of sp³-hybridized carbons (Fsp3) is 0. The van der Waals surface area contributed by atoms with Crippen LogP contribution >= 0.6 is 46.4 Å². The summed E-state index contributed by atoms with van der Waals surface area (Å²) in [6.45, 7) is 0. The van der Waals surface area contributed by atoms with Gasteiger partial charge in [0.15, 0.2) is 0 Å². The van der Waals surface area contributed by atoms with Crippen molar-refractivity contribution in [2.75, 3.05) is 5.73 Å². The van der Waals surface area contributed by atoms with Crippen LogP contribution in [0, 0.1) is 0 Å². The number of aromatic nitrogens is 2. The molecule has 2 N–H and O–H groups in total. The lowest BCUT2D eigenvalue weighted by molar-refractivity contribution is 1.11. The van der Waals surface area contributed by atoms with E-state index >= 15 is 0 Å². The van der Waals surface area contributed by atoms with E-state index in [1.165, 1.54) is 0 Å². The van der Waals surface area contributed by atoms with Crippen LogP contribution in [0.2, 0.25) is 20.1 Å². The number of halogens is 4. The van der Waals surface area contributed by atoms with Gasteiger partial charge in [0.05, 0.1) is 36.8 Å². The Kier molecular flexibility index (Phi) is 3.46. The average Bonchev–Trinajstić information content (AvgIpc) is 2.67. The van der Waals surface area contributed by atoms with Gasteiger partial charge < -0.3 is 5.73 Å². The van der Waals surface area contributed by atoms with Crippen LogP contribution in [0.3, 0.4) is 0 Å². The van der Waals surface area contributed by atoms with E-state index in [9.17, 15) is 0 Å². The standard InChI is InChI=1S/C13H7Cl4N3/c14-6-2-1-3-7(15)12(6)20-11-5-9(17)8(16)4-10(11)19-13(20)18/h1-5H,(H2,18,19). The van der Waals surface area contributed by atoms with Gasteiger partial charge in [0.25, 0.3) is 0 Å². The molecule has 3 rings (SSSR count). The van der Waals surface area contributed by atoms with E-state index in [0.717, 1.165) is 0 Å². The van der Waals surface area contributed by atoms with E-state index in [4.69, 9.17) is 52.1 Å². The summed E-state index contributed by atoms with van der Waals surface area (Å²) in [6.07, 6.45) is 0. The highest BCUT2D eigenvalue weighted by molar-refractivity contribution is 6.42. The molecule has 0 saturated carbocycles. The van der Waals surface area contributed by atoms with Crippen LogP contribution in [0.4, 0.5) is 5.95 Å². The number of rotatable bonds is 1. The Morgan fingerprint density at radius 1 is 0.900 bits per heavy atom. The van der Waals surface area contributed by atoms with Gasteiger partial charge in [-0.05, 0) is 24.3 Å². The zero-order valence-corrected chi connectivity index (χ0v) is 12.9. The second-order valence-electron chi connectivity index (χ2n) is 4.13. The number of fused-ring (bicyclic) bond motifs is 1. The van der Waals surface area contributed by atoms with Gasteiger partial charge >= 0.3 is 0 Å². The van der Waals surface area contributed by atoms with Crippen molar-refractivity contribution in [3.63, 3.8) is 0 Å². The summed E-state index contributed by atoms with van der Waals surface area (Å²) in [7, 11) is 0. The third kappa shape index (κ3) is 2.11. The summed E-state index contributed by atoms with van der Waals surface area (Å²) < 4.78 is 1.65. The summed E-state index contributed by atoms with van der Waals surface area (Å²) in [6, 6.07) is 8.55. The molecule has 2 aromatic carbocycles. The average molecular weight is 347 g/mol. The molecule has 0 unspecified atom stereocenters. The summed E-state index contributed by atoms with van der Waals surface area (Å²) in [5.74, 6) is 0.258. The Labute approximate surface area is 134 Å². The molecule has 20 heavy (non-hydrogen) atoms. The lowest BCUT2D eigenvalue weighted by Crippen LogP contribution is -2.02. The number of para-hydroxylation sites is 1. The Morgan fingerprint density at radius 3 is 2.15 bits per heavy atom. The van der Waals surface area contributed by atoms with Gasteiger partial charge in [-0.1, -0.05) is 52.5 Å². The molecule has 0 spiro atoms. The van der Waals surface area contributed by atoms with Crippen LogP contribution in [0.5, 0.6) is 0 Å². The largest absolute Gasteiger partial charge is 0.369 e. The van der Waals surface area contributed by atoms with Crippen molar-refractivity contribution < 1.29 is 0 Å². The number of nitrogens with zero attached hydrogens (tertiary/aromatic N) is 2. The summed E-state index contributed by atoms with van der Waals surface area (Å²) in [5.41, 5.74) is 7.84. The Morgan fingerprint density at radius 2 is 1.50 bits per heavy atom. The molecule has 0 fully saturated rings. The molecule has 0 saturated heterocycles. The van der Waals surface area contributed by atoms with E-state index in [0.29, 0.717) is 36.8 Å². The molecule has 1 aromatic heterocycles. The number of nitrogen functional groups attached to an aromatic ring is 1. The van der Waals surface area contributed by atoms with Crippen molar-refractivity contribution in [2.24, 2.45) is 0 Å². The molecule has 0 atom stereocenters. The van der Waals surface area contributed by atoms with Crippen molar-refractivity contribution in [1.82, 2.24) is 9.55 Å². The van der Waals surface area contributed by atoms with E-state index in [1.54, 1.807) is 34.9 Å². The maximum atomic E-state index is 6.22. The van der Waals surface area contributed by atoms with Gasteiger partial charge in [0, 0.05) is 0 Å². The second kappa shape index (κ2) is 5.01. The third-order valence-electron chi connectivity index (χ3n) is 2.88. The van der Waals surface area contributed by atoms with E-state index in [1.807, 2.05) is 0 Å². The minimum atomic E-state index is 0.258. The maximum absolute atomic E-state index is 6.22. The lowest BCUT2D eigenvalue weighted by Gasteiger charge is -2.11. The number of hydrogen-bond donors (Lipinski definition) is 1. The van der Waals surface area contributed by atoms with Crippen LogP contribution in [0.25, 0.3) is 16.7 Å². The Bertz CT molecular complexity index is 806. The van der Waals surface area contributed by atoms with Gasteiger partial charge in [-0.15, -0.1) is 0 Å². The molecule has 3 nitrogen and oxygen atoms in total. The predicted octanol–water partition coefficient (Wildman–Crippen LogP) is 5.22. The molecule has 102 valence electrons. The number of benzene rings is 2. The zero-order chi connectivity index (χ0) is 14.4. The predicted molar refractivity (Wildman–Crippen MR) is 85.5 cm³/mol. The topological polar surface area (TPSA) is 43.8 Å². The molecule has 0 aliphatic heterocycles. The maximum Gasteiger partial charge on any atom is 0.206 e. The minimum Gasteiger partial charge on any atom is -0.369 e. The highest BCUT2D eigenvalue weighted by atomic mass is 35.5. The van der Waals surface area contributed by atoms with Gasteiger partial charge in [0.2, 0.25) is 5.95 Å². The monoisotopic (exact) mass is 345 g/mol. The highest BCUT2D eigenvalue weighted by Crippen LogP contribution is 2.35. The summed E-state index contributed by atoms with van der Waals surface area (Å²) >= 11 is 24.5. The highest BCUT2D eigenvalue weighted by Gasteiger charge is 2.16. The van der Waals surface area contributed by atoms with Crippen molar-refractivity contribution >= 4 is 63.4 Å². The second-order valence-corrected chi connectivity index (χ2v) is 5.76. The fourth-order valence-electron chi connectivity index (χ4n) is 2.03. The van der Waals surface area contributed by atoms with E-state index < -0.39 is 0 Å². The zero-order valence-electron chi connectivity index (χ0n) is 9.87. The molecule has 0 aliphatic carbocycles. The fourth-order valence-corrected chi connectivity index (χ4v) is 2.91. The molecule has 0 radical (unpaired) electrons. The first-order valence-corrected chi connectivity index (χ1v) is 7.07. The first-order chi connectivity index (χ1) is 9.49. The first kappa shape index (κ1) is 13.8. The van der Waals surface area contributed by atoms with Gasteiger partial charge in [0.1, 0.15) is 0 Å². The molecule has 7 heteroatoms. The number of anilines is 1. The first-order valence-electron chi connectivity index (χ1n) is 5.56. The molecule has 1 heterocycles.